The molecule has 4 nitrogen and oxygen atoms in total. The molecule has 0 amide bonds. The Morgan fingerprint density at radius 3 is 2.53 bits per heavy atom. The molecule has 2 fully saturated rings. The average Bonchev–Trinajstić information content (AvgIpc) is 2.73. The summed E-state index contributed by atoms with van der Waals surface area (Å²) in [4.78, 5) is 0. The van der Waals surface area contributed by atoms with Gasteiger partial charge in [-0.3, -0.25) is 0 Å². The van der Waals surface area contributed by atoms with E-state index in [2.05, 4.69) is 27.0 Å². The van der Waals surface area contributed by atoms with Gasteiger partial charge in [-0.2, -0.15) is 0 Å². The van der Waals surface area contributed by atoms with Crippen LogP contribution < -0.4 is 4.74 Å². The number of methoxy groups -OCH3 is 1. The van der Waals surface area contributed by atoms with Gasteiger partial charge < -0.3 is 19.7 Å². The summed E-state index contributed by atoms with van der Waals surface area (Å²) in [6.07, 6.45) is 5.43. The summed E-state index contributed by atoms with van der Waals surface area (Å²) >= 11 is 0. The van der Waals surface area contributed by atoms with E-state index in [1.54, 1.807) is 13.2 Å². The standard InChI is InChI=1S/C26H38O4/c1-6-7-23(28)26(4)22-13-8-18(2)21(16-27)25(22,3)15-14-24(26)30-17-19-9-11-20(29-5)12-10-19/h6,9-12,21-24,27-28H,1-2,7-8,13-17H2,3-5H3/t21-,22+,23-,24-,25+,26+/m0/s1. The van der Waals surface area contributed by atoms with Gasteiger partial charge in [0.05, 0.1) is 32.5 Å². The summed E-state index contributed by atoms with van der Waals surface area (Å²) in [5, 5.41) is 21.5. The highest BCUT2D eigenvalue weighted by Crippen LogP contribution is 2.62. The molecule has 4 heteroatoms. The second-order valence-electron chi connectivity index (χ2n) is 9.58. The fourth-order valence-corrected chi connectivity index (χ4v) is 6.27. The van der Waals surface area contributed by atoms with Crippen molar-refractivity contribution in [3.63, 3.8) is 0 Å². The number of ether oxygens (including phenoxy) is 2. The van der Waals surface area contributed by atoms with Gasteiger partial charge in [-0.15, -0.1) is 6.58 Å². The van der Waals surface area contributed by atoms with Crippen LogP contribution in [0.25, 0.3) is 0 Å². The van der Waals surface area contributed by atoms with Crippen molar-refractivity contribution in [2.75, 3.05) is 13.7 Å². The van der Waals surface area contributed by atoms with E-state index in [0.29, 0.717) is 13.0 Å². The number of fused-ring (bicyclic) bond motifs is 1. The maximum Gasteiger partial charge on any atom is 0.118 e. The Hall–Kier alpha value is -1.62. The van der Waals surface area contributed by atoms with Gasteiger partial charge in [0.15, 0.2) is 0 Å². The SMILES string of the molecule is C=CC[C@H](O)[C@]1(C)[C@@H](OCc2ccc(OC)cc2)CC[C@@]2(C)[C@H]1CCC(=C)[C@@H]2CO. The fraction of sp³-hybridized carbons (Fsp3) is 0.615. The van der Waals surface area contributed by atoms with Crippen molar-refractivity contribution in [1.29, 1.82) is 0 Å². The van der Waals surface area contributed by atoms with E-state index in [1.165, 1.54) is 0 Å². The summed E-state index contributed by atoms with van der Waals surface area (Å²) in [5.74, 6) is 1.15. The number of hydrogen-bond donors (Lipinski definition) is 2. The van der Waals surface area contributed by atoms with Crippen LogP contribution in [-0.2, 0) is 11.3 Å². The van der Waals surface area contributed by atoms with E-state index in [-0.39, 0.29) is 30.0 Å². The highest BCUT2D eigenvalue weighted by Gasteiger charge is 2.60. The van der Waals surface area contributed by atoms with Crippen molar-refractivity contribution in [1.82, 2.24) is 0 Å². The Labute approximate surface area is 181 Å². The first kappa shape index (κ1) is 23.1. The van der Waals surface area contributed by atoms with Crippen molar-refractivity contribution in [3.8, 4) is 5.75 Å². The predicted molar refractivity (Wildman–Crippen MR) is 120 cm³/mol. The number of aliphatic hydroxyl groups is 2. The highest BCUT2D eigenvalue weighted by molar-refractivity contribution is 5.27. The zero-order chi connectivity index (χ0) is 21.9. The second kappa shape index (κ2) is 9.25. The van der Waals surface area contributed by atoms with E-state index in [0.717, 1.165) is 42.6 Å². The summed E-state index contributed by atoms with van der Waals surface area (Å²) in [7, 11) is 1.66. The third kappa shape index (κ3) is 3.98. The molecule has 2 aliphatic rings. The molecule has 0 unspecified atom stereocenters. The number of hydrogen-bond acceptors (Lipinski definition) is 4. The molecule has 0 aliphatic heterocycles. The largest absolute Gasteiger partial charge is 0.497 e. The zero-order valence-corrected chi connectivity index (χ0v) is 18.8. The van der Waals surface area contributed by atoms with Gasteiger partial charge in [-0.1, -0.05) is 44.2 Å². The summed E-state index contributed by atoms with van der Waals surface area (Å²) < 4.78 is 11.7. The molecule has 0 spiro atoms. The van der Waals surface area contributed by atoms with Gasteiger partial charge >= 0.3 is 0 Å². The third-order valence-corrected chi connectivity index (χ3v) is 8.13. The van der Waals surface area contributed by atoms with E-state index < -0.39 is 11.5 Å². The molecule has 2 N–H and O–H groups in total. The first-order chi connectivity index (χ1) is 14.3. The predicted octanol–water partition coefficient (Wildman–Crippen LogP) is 4.90. The number of aliphatic hydroxyl groups excluding tert-OH is 2. The first-order valence-corrected chi connectivity index (χ1v) is 11.1. The van der Waals surface area contributed by atoms with Gasteiger partial charge in [-0.05, 0) is 61.1 Å². The van der Waals surface area contributed by atoms with Crippen LogP contribution in [0.5, 0.6) is 5.75 Å². The molecule has 0 saturated heterocycles. The van der Waals surface area contributed by atoms with Crippen LogP contribution in [0, 0.1) is 22.7 Å². The van der Waals surface area contributed by atoms with Gasteiger partial charge in [0.25, 0.3) is 0 Å². The van der Waals surface area contributed by atoms with Gasteiger partial charge in [0.1, 0.15) is 5.75 Å². The second-order valence-corrected chi connectivity index (χ2v) is 9.58. The molecule has 1 aromatic rings. The summed E-state index contributed by atoms with van der Waals surface area (Å²) in [6, 6.07) is 7.94. The van der Waals surface area contributed by atoms with Crippen LogP contribution in [0.1, 0.15) is 51.5 Å². The molecule has 0 heterocycles. The maximum absolute atomic E-state index is 11.3. The van der Waals surface area contributed by atoms with Crippen LogP contribution in [0.2, 0.25) is 0 Å². The number of benzene rings is 1. The first-order valence-electron chi connectivity index (χ1n) is 11.1. The van der Waals surface area contributed by atoms with Crippen LogP contribution in [-0.4, -0.2) is 36.1 Å². The van der Waals surface area contributed by atoms with Crippen molar-refractivity contribution in [2.24, 2.45) is 22.7 Å². The topological polar surface area (TPSA) is 58.9 Å². The molecule has 2 saturated carbocycles. The molecule has 6 atom stereocenters. The Morgan fingerprint density at radius 2 is 1.93 bits per heavy atom. The van der Waals surface area contributed by atoms with Crippen molar-refractivity contribution in [3.05, 3.63) is 54.6 Å². The Kier molecular flexibility index (Phi) is 7.11. The minimum atomic E-state index is -0.536. The highest BCUT2D eigenvalue weighted by atomic mass is 16.5. The number of rotatable bonds is 8. The van der Waals surface area contributed by atoms with E-state index in [9.17, 15) is 10.2 Å². The molecule has 166 valence electrons. The average molecular weight is 415 g/mol. The van der Waals surface area contributed by atoms with Crippen molar-refractivity contribution in [2.45, 2.75) is 64.8 Å². The minimum Gasteiger partial charge on any atom is -0.497 e. The molecular formula is C26H38O4. The lowest BCUT2D eigenvalue weighted by molar-refractivity contribution is -0.202. The molecule has 0 radical (unpaired) electrons. The van der Waals surface area contributed by atoms with E-state index >= 15 is 0 Å². The third-order valence-electron chi connectivity index (χ3n) is 8.13. The fourth-order valence-electron chi connectivity index (χ4n) is 6.27. The minimum absolute atomic E-state index is 0.0571. The lowest BCUT2D eigenvalue weighted by atomic mass is 9.45. The van der Waals surface area contributed by atoms with Crippen LogP contribution in [0.4, 0.5) is 0 Å². The summed E-state index contributed by atoms with van der Waals surface area (Å²) in [5.41, 5.74) is 1.74. The Morgan fingerprint density at radius 1 is 1.23 bits per heavy atom. The quantitative estimate of drug-likeness (QED) is 0.594. The van der Waals surface area contributed by atoms with Crippen molar-refractivity contribution >= 4 is 0 Å². The summed E-state index contributed by atoms with van der Waals surface area (Å²) in [6.45, 7) is 13.2. The van der Waals surface area contributed by atoms with E-state index in [4.69, 9.17) is 9.47 Å². The molecule has 0 bridgehead atoms. The normalized spacial score (nSPS) is 34.8. The Balaban J connectivity index is 1.87. The molecule has 1 aromatic carbocycles. The van der Waals surface area contributed by atoms with Crippen LogP contribution in [0.3, 0.4) is 0 Å². The lowest BCUT2D eigenvalue weighted by Crippen LogP contribution is -2.61. The molecular weight excluding hydrogens is 376 g/mol. The molecule has 30 heavy (non-hydrogen) atoms. The maximum atomic E-state index is 11.3. The van der Waals surface area contributed by atoms with Gasteiger partial charge in [-0.25, -0.2) is 0 Å². The van der Waals surface area contributed by atoms with Gasteiger partial charge in [0.2, 0.25) is 0 Å². The van der Waals surface area contributed by atoms with Crippen LogP contribution >= 0.6 is 0 Å². The van der Waals surface area contributed by atoms with Crippen molar-refractivity contribution < 1.29 is 19.7 Å². The zero-order valence-electron chi connectivity index (χ0n) is 18.8. The monoisotopic (exact) mass is 414 g/mol. The van der Waals surface area contributed by atoms with E-state index in [1.807, 2.05) is 24.3 Å². The van der Waals surface area contributed by atoms with Gasteiger partial charge in [0, 0.05) is 11.3 Å². The Bertz CT molecular complexity index is 742. The smallest absolute Gasteiger partial charge is 0.118 e. The lowest BCUT2D eigenvalue weighted by Gasteiger charge is -2.62. The molecule has 0 aromatic heterocycles. The van der Waals surface area contributed by atoms with Crippen LogP contribution in [0.15, 0.2) is 49.1 Å². The molecule has 2 aliphatic carbocycles. The molecule has 3 rings (SSSR count).